The minimum atomic E-state index is -0.0262. The van der Waals surface area contributed by atoms with Crippen molar-refractivity contribution in [3.63, 3.8) is 0 Å². The number of morpholine rings is 1. The maximum atomic E-state index is 12.3. The molecular weight excluding hydrogens is 320 g/mol. The Balaban J connectivity index is 1.25. The van der Waals surface area contributed by atoms with Crippen LogP contribution in [-0.4, -0.2) is 59.2 Å². The maximum absolute atomic E-state index is 12.3. The van der Waals surface area contributed by atoms with Gasteiger partial charge in [0.25, 0.3) is 5.56 Å². The molecule has 0 radical (unpaired) electrons. The molecule has 1 unspecified atom stereocenters. The third kappa shape index (κ3) is 4.27. The van der Waals surface area contributed by atoms with E-state index in [1.807, 2.05) is 0 Å². The molecule has 1 amide bonds. The number of amides is 1. The number of ether oxygens (including phenoxy) is 1. The van der Waals surface area contributed by atoms with E-state index in [4.69, 9.17) is 4.74 Å². The fourth-order valence-electron chi connectivity index (χ4n) is 3.75. The van der Waals surface area contributed by atoms with Crippen molar-refractivity contribution in [2.45, 2.75) is 44.2 Å². The first kappa shape index (κ1) is 16.7. The number of likely N-dealkylation sites (tertiary alicyclic amines) is 1. The number of hydrogen-bond donors (Lipinski definition) is 1. The van der Waals surface area contributed by atoms with Gasteiger partial charge in [0.1, 0.15) is 6.61 Å². The van der Waals surface area contributed by atoms with Crippen LogP contribution in [0.4, 0.5) is 0 Å². The van der Waals surface area contributed by atoms with Crippen molar-refractivity contribution in [3.8, 4) is 0 Å². The number of carbonyl (C=O) groups is 1. The topological polar surface area (TPSA) is 76.5 Å². The fraction of sp³-hybridized carbons (Fsp3) is 0.722. The highest BCUT2D eigenvalue weighted by atomic mass is 16.5. The average Bonchev–Trinajstić information content (AvgIpc) is 3.45. The summed E-state index contributed by atoms with van der Waals surface area (Å²) in [6.45, 7) is 4.44. The largest absolute Gasteiger partial charge is 0.365 e. The third-order valence-electron chi connectivity index (χ3n) is 5.50. The van der Waals surface area contributed by atoms with E-state index in [9.17, 15) is 9.59 Å². The van der Waals surface area contributed by atoms with Gasteiger partial charge < -0.3 is 15.0 Å². The van der Waals surface area contributed by atoms with Crippen molar-refractivity contribution < 1.29 is 9.53 Å². The van der Waals surface area contributed by atoms with Crippen LogP contribution in [0, 0.1) is 5.92 Å². The molecule has 3 aliphatic rings. The van der Waals surface area contributed by atoms with E-state index < -0.39 is 0 Å². The molecule has 0 bridgehead atoms. The summed E-state index contributed by atoms with van der Waals surface area (Å²) in [6, 6.07) is 1.72. The smallest absolute Gasteiger partial charge is 0.253 e. The first-order chi connectivity index (χ1) is 12.2. The second-order valence-electron chi connectivity index (χ2n) is 7.56. The lowest BCUT2D eigenvalue weighted by atomic mass is 9.96. The Morgan fingerprint density at radius 3 is 2.60 bits per heavy atom. The zero-order valence-electron chi connectivity index (χ0n) is 14.5. The van der Waals surface area contributed by atoms with E-state index in [2.05, 4.69) is 15.2 Å². The number of aromatic nitrogens is 2. The van der Waals surface area contributed by atoms with Gasteiger partial charge in [-0.3, -0.25) is 14.2 Å². The Kier molecular flexibility index (Phi) is 4.85. The fourth-order valence-corrected chi connectivity index (χ4v) is 3.75. The van der Waals surface area contributed by atoms with Crippen LogP contribution in [0.25, 0.3) is 0 Å². The number of rotatable bonds is 5. The highest BCUT2D eigenvalue weighted by molar-refractivity contribution is 5.77. The molecule has 1 aliphatic carbocycles. The van der Waals surface area contributed by atoms with Gasteiger partial charge in [-0.25, -0.2) is 4.98 Å². The lowest BCUT2D eigenvalue weighted by Crippen LogP contribution is -2.49. The number of hydrogen-bond acceptors (Lipinski definition) is 5. The third-order valence-corrected chi connectivity index (χ3v) is 5.50. The van der Waals surface area contributed by atoms with Crippen LogP contribution in [0.15, 0.2) is 17.2 Å². The molecule has 0 spiro atoms. The molecule has 1 atom stereocenters. The van der Waals surface area contributed by atoms with Gasteiger partial charge in [-0.15, -0.1) is 0 Å². The molecule has 25 heavy (non-hydrogen) atoms. The summed E-state index contributed by atoms with van der Waals surface area (Å²) in [4.78, 5) is 30.3. The van der Waals surface area contributed by atoms with Crippen LogP contribution in [0.2, 0.25) is 0 Å². The van der Waals surface area contributed by atoms with Crippen molar-refractivity contribution in [3.05, 3.63) is 28.4 Å². The van der Waals surface area contributed by atoms with Crippen LogP contribution < -0.4 is 10.9 Å². The van der Waals surface area contributed by atoms with Gasteiger partial charge in [-0.2, -0.15) is 0 Å². The molecule has 1 aromatic heterocycles. The number of nitrogens with zero attached hydrogens (tertiary/aromatic N) is 3. The summed E-state index contributed by atoms with van der Waals surface area (Å²) in [5.41, 5.74) is 1.06. The Hall–Kier alpha value is -1.73. The van der Waals surface area contributed by atoms with Gasteiger partial charge in [0.05, 0.1) is 18.1 Å². The summed E-state index contributed by atoms with van der Waals surface area (Å²) in [5, 5.41) is 2.85. The molecule has 7 heteroatoms. The van der Waals surface area contributed by atoms with E-state index in [0.29, 0.717) is 18.4 Å². The summed E-state index contributed by atoms with van der Waals surface area (Å²) in [6.07, 6.45) is 6.33. The Morgan fingerprint density at radius 2 is 1.96 bits per heavy atom. The van der Waals surface area contributed by atoms with E-state index in [1.54, 1.807) is 17.0 Å². The van der Waals surface area contributed by atoms with Gasteiger partial charge >= 0.3 is 0 Å². The second-order valence-corrected chi connectivity index (χ2v) is 7.56. The van der Waals surface area contributed by atoms with E-state index in [1.165, 1.54) is 12.8 Å². The quantitative estimate of drug-likeness (QED) is 0.832. The normalized spacial score (nSPS) is 25.8. The van der Waals surface area contributed by atoms with Crippen molar-refractivity contribution in [2.75, 3.05) is 32.8 Å². The number of nitrogens with one attached hydrogen (secondary N) is 1. The van der Waals surface area contributed by atoms with Gasteiger partial charge in [-0.1, -0.05) is 0 Å². The van der Waals surface area contributed by atoms with Crippen molar-refractivity contribution in [2.24, 2.45) is 5.92 Å². The summed E-state index contributed by atoms with van der Waals surface area (Å²) in [5.74, 6) is 1.02. The minimum absolute atomic E-state index is 0.0262. The number of carbonyl (C=O) groups excluding carboxylic acids is 1. The van der Waals surface area contributed by atoms with Gasteiger partial charge in [0, 0.05) is 31.6 Å². The summed E-state index contributed by atoms with van der Waals surface area (Å²) < 4.78 is 7.33. The van der Waals surface area contributed by atoms with E-state index in [0.717, 1.165) is 44.7 Å². The van der Waals surface area contributed by atoms with Crippen LogP contribution in [0.5, 0.6) is 0 Å². The van der Waals surface area contributed by atoms with E-state index in [-0.39, 0.29) is 24.2 Å². The number of piperidine rings is 1. The Bertz CT molecular complexity index is 667. The molecule has 0 aromatic carbocycles. The molecule has 7 nitrogen and oxygen atoms in total. The van der Waals surface area contributed by atoms with Crippen LogP contribution in [0.1, 0.15) is 37.3 Å². The molecule has 3 fully saturated rings. The molecule has 4 rings (SSSR count). The molecule has 1 saturated carbocycles. The molecule has 3 heterocycles. The molecule has 1 N–H and O–H groups in total. The SMILES string of the molecule is O=C1COC(CN2CCC(Cn3cnc(C4CC4)cc3=O)CC2)CN1. The highest BCUT2D eigenvalue weighted by Gasteiger charge is 2.27. The zero-order chi connectivity index (χ0) is 17.2. The van der Waals surface area contributed by atoms with Gasteiger partial charge in [0.2, 0.25) is 5.91 Å². The Labute approximate surface area is 147 Å². The zero-order valence-corrected chi connectivity index (χ0v) is 14.5. The monoisotopic (exact) mass is 346 g/mol. The highest BCUT2D eigenvalue weighted by Crippen LogP contribution is 2.38. The van der Waals surface area contributed by atoms with Crippen LogP contribution in [-0.2, 0) is 16.1 Å². The molecular formula is C18H26N4O3. The second kappa shape index (κ2) is 7.25. The summed E-state index contributed by atoms with van der Waals surface area (Å²) >= 11 is 0. The minimum Gasteiger partial charge on any atom is -0.365 e. The summed E-state index contributed by atoms with van der Waals surface area (Å²) in [7, 11) is 0. The molecule has 1 aromatic rings. The lowest BCUT2D eigenvalue weighted by molar-refractivity contribution is -0.134. The lowest BCUT2D eigenvalue weighted by Gasteiger charge is -2.35. The van der Waals surface area contributed by atoms with Crippen molar-refractivity contribution >= 4 is 5.91 Å². The first-order valence-corrected chi connectivity index (χ1v) is 9.34. The molecule has 136 valence electrons. The molecule has 2 saturated heterocycles. The van der Waals surface area contributed by atoms with Crippen molar-refractivity contribution in [1.29, 1.82) is 0 Å². The maximum Gasteiger partial charge on any atom is 0.253 e. The Morgan fingerprint density at radius 1 is 1.16 bits per heavy atom. The predicted molar refractivity (Wildman–Crippen MR) is 92.4 cm³/mol. The van der Waals surface area contributed by atoms with Crippen LogP contribution >= 0.6 is 0 Å². The molecule has 2 aliphatic heterocycles. The van der Waals surface area contributed by atoms with Crippen LogP contribution in [0.3, 0.4) is 0 Å². The van der Waals surface area contributed by atoms with E-state index >= 15 is 0 Å². The first-order valence-electron chi connectivity index (χ1n) is 9.34. The average molecular weight is 346 g/mol. The van der Waals surface area contributed by atoms with Gasteiger partial charge in [-0.05, 0) is 44.7 Å². The standard InChI is InChI=1S/C18H26N4O3/c23-17-11-25-15(8-19-17)10-21-5-3-13(4-6-21)9-22-12-20-16(7-18(22)24)14-1-2-14/h7,12-15H,1-6,8-11H2,(H,19,23). The predicted octanol–water partition coefficient (Wildman–Crippen LogP) is 0.348. The van der Waals surface area contributed by atoms with Crippen molar-refractivity contribution in [1.82, 2.24) is 19.8 Å². The van der Waals surface area contributed by atoms with Gasteiger partial charge in [0.15, 0.2) is 0 Å².